The van der Waals surface area contributed by atoms with Gasteiger partial charge in [-0.05, 0) is 59.4 Å². The number of ether oxygens (including phenoxy) is 1. The average molecular weight is 387 g/mol. The molecule has 0 radical (unpaired) electrons. The Bertz CT molecular complexity index is 818. The molecule has 0 spiro atoms. The number of aryl methyl sites for hydroxylation is 2. The van der Waals surface area contributed by atoms with E-state index in [9.17, 15) is 4.79 Å². The van der Waals surface area contributed by atoms with Crippen LogP contribution in [-0.2, 0) is 4.74 Å². The molecule has 1 aliphatic rings. The summed E-state index contributed by atoms with van der Waals surface area (Å²) in [5.74, 6) is 2.04. The van der Waals surface area contributed by atoms with Crippen molar-refractivity contribution in [2.24, 2.45) is 5.92 Å². The van der Waals surface area contributed by atoms with E-state index in [1.54, 1.807) is 12.4 Å². The zero-order valence-corrected chi connectivity index (χ0v) is 17.4. The van der Waals surface area contributed by atoms with Crippen LogP contribution in [0.1, 0.15) is 45.0 Å². The zero-order valence-electron chi connectivity index (χ0n) is 17.4. The highest BCUT2D eigenvalue weighted by Crippen LogP contribution is 2.22. The third-order valence-electron chi connectivity index (χ3n) is 4.71. The molecule has 0 saturated carbocycles. The minimum Gasteiger partial charge on any atom is -0.444 e. The number of hydrogen-bond acceptors (Lipinski definition) is 6. The van der Waals surface area contributed by atoms with Crippen LogP contribution in [0.3, 0.4) is 0 Å². The number of nitrogens with zero attached hydrogens (tertiary/aromatic N) is 5. The van der Waals surface area contributed by atoms with Crippen molar-refractivity contribution in [1.29, 1.82) is 0 Å². The normalized spacial score (nSPS) is 15.5. The van der Waals surface area contributed by atoms with E-state index in [1.807, 2.05) is 45.4 Å². The molecule has 8 nitrogen and oxygen atoms in total. The van der Waals surface area contributed by atoms with Crippen LogP contribution >= 0.6 is 0 Å². The first-order valence-electron chi connectivity index (χ1n) is 9.79. The largest absolute Gasteiger partial charge is 0.444 e. The molecule has 0 bridgehead atoms. The van der Waals surface area contributed by atoms with Crippen molar-refractivity contribution in [3.8, 4) is 5.82 Å². The molecule has 0 atom stereocenters. The van der Waals surface area contributed by atoms with Gasteiger partial charge < -0.3 is 15.0 Å². The lowest BCUT2D eigenvalue weighted by Crippen LogP contribution is -2.40. The van der Waals surface area contributed by atoms with Crippen molar-refractivity contribution < 1.29 is 9.53 Å². The molecule has 2 aromatic rings. The van der Waals surface area contributed by atoms with E-state index in [-0.39, 0.29) is 6.09 Å². The average Bonchev–Trinajstić information content (AvgIpc) is 2.97. The van der Waals surface area contributed by atoms with Gasteiger partial charge in [-0.1, -0.05) is 0 Å². The maximum atomic E-state index is 11.8. The molecule has 8 heteroatoms. The topological polar surface area (TPSA) is 85.2 Å². The maximum Gasteiger partial charge on any atom is 0.407 e. The smallest absolute Gasteiger partial charge is 0.407 e. The molecular weight excluding hydrogens is 356 g/mol. The van der Waals surface area contributed by atoms with E-state index in [0.29, 0.717) is 12.5 Å². The molecule has 3 heterocycles. The summed E-state index contributed by atoms with van der Waals surface area (Å²) in [6.45, 7) is 12.0. The van der Waals surface area contributed by atoms with Crippen molar-refractivity contribution in [3.05, 3.63) is 29.8 Å². The Balaban J connectivity index is 1.55. The van der Waals surface area contributed by atoms with Gasteiger partial charge in [-0.3, -0.25) is 4.98 Å². The Hall–Kier alpha value is -2.64. The van der Waals surface area contributed by atoms with Crippen molar-refractivity contribution >= 4 is 11.9 Å². The quantitative estimate of drug-likeness (QED) is 0.869. The molecule has 2 aromatic heterocycles. The molecule has 0 aromatic carbocycles. The van der Waals surface area contributed by atoms with E-state index in [4.69, 9.17) is 9.72 Å². The summed E-state index contributed by atoms with van der Waals surface area (Å²) >= 11 is 0. The summed E-state index contributed by atoms with van der Waals surface area (Å²) in [7, 11) is 0. The predicted octanol–water partition coefficient (Wildman–Crippen LogP) is 3.02. The second-order valence-electron chi connectivity index (χ2n) is 8.39. The van der Waals surface area contributed by atoms with Crippen LogP contribution < -0.4 is 10.2 Å². The number of anilines is 1. The second kappa shape index (κ2) is 8.16. The SMILES string of the molecule is Cc1cc(C)n(-c2cncc(N3CCC(CNC(=O)OC(C)(C)C)CC3)n2)n1. The number of piperidine rings is 1. The lowest BCUT2D eigenvalue weighted by Gasteiger charge is -2.33. The molecule has 0 unspecified atom stereocenters. The van der Waals surface area contributed by atoms with Gasteiger partial charge >= 0.3 is 6.09 Å². The number of amides is 1. The van der Waals surface area contributed by atoms with Crippen LogP contribution in [0.4, 0.5) is 10.6 Å². The highest BCUT2D eigenvalue weighted by molar-refractivity contribution is 5.67. The lowest BCUT2D eigenvalue weighted by atomic mass is 9.97. The lowest BCUT2D eigenvalue weighted by molar-refractivity contribution is 0.0517. The first-order valence-corrected chi connectivity index (χ1v) is 9.79. The molecule has 1 aliphatic heterocycles. The highest BCUT2D eigenvalue weighted by atomic mass is 16.6. The molecule has 1 fully saturated rings. The van der Waals surface area contributed by atoms with Crippen LogP contribution in [0.5, 0.6) is 0 Å². The zero-order chi connectivity index (χ0) is 20.3. The van der Waals surface area contributed by atoms with Crippen LogP contribution in [0.2, 0.25) is 0 Å². The van der Waals surface area contributed by atoms with Crippen LogP contribution in [-0.4, -0.2) is 51.1 Å². The van der Waals surface area contributed by atoms with Gasteiger partial charge in [0.2, 0.25) is 0 Å². The monoisotopic (exact) mass is 386 g/mol. The summed E-state index contributed by atoms with van der Waals surface area (Å²) in [6, 6.07) is 2.03. The molecular formula is C20H30N6O2. The molecule has 1 saturated heterocycles. The molecule has 0 aliphatic carbocycles. The van der Waals surface area contributed by atoms with Crippen LogP contribution in [0.15, 0.2) is 18.5 Å². The summed E-state index contributed by atoms with van der Waals surface area (Å²) < 4.78 is 7.12. The Morgan fingerprint density at radius 2 is 1.89 bits per heavy atom. The molecule has 152 valence electrons. The Morgan fingerprint density at radius 1 is 1.21 bits per heavy atom. The summed E-state index contributed by atoms with van der Waals surface area (Å²) in [6.07, 6.45) is 5.16. The van der Waals surface area contributed by atoms with Gasteiger partial charge in [0.05, 0.1) is 18.1 Å². The van der Waals surface area contributed by atoms with Gasteiger partial charge in [-0.15, -0.1) is 0 Å². The Morgan fingerprint density at radius 3 is 2.50 bits per heavy atom. The van der Waals surface area contributed by atoms with Crippen molar-refractivity contribution in [2.75, 3.05) is 24.5 Å². The van der Waals surface area contributed by atoms with Crippen molar-refractivity contribution in [3.63, 3.8) is 0 Å². The summed E-state index contributed by atoms with van der Waals surface area (Å²) in [4.78, 5) is 23.2. The van der Waals surface area contributed by atoms with Crippen molar-refractivity contribution in [2.45, 2.75) is 53.1 Å². The van der Waals surface area contributed by atoms with Crippen LogP contribution in [0.25, 0.3) is 5.82 Å². The minimum atomic E-state index is -0.470. The van der Waals surface area contributed by atoms with Crippen LogP contribution in [0, 0.1) is 19.8 Å². The van der Waals surface area contributed by atoms with Gasteiger partial charge in [-0.25, -0.2) is 14.5 Å². The van der Waals surface area contributed by atoms with Gasteiger partial charge in [0.1, 0.15) is 11.4 Å². The van der Waals surface area contributed by atoms with Crippen molar-refractivity contribution in [1.82, 2.24) is 25.1 Å². The fourth-order valence-corrected chi connectivity index (χ4v) is 3.37. The van der Waals surface area contributed by atoms with E-state index in [0.717, 1.165) is 49.0 Å². The third kappa shape index (κ3) is 5.21. The van der Waals surface area contributed by atoms with E-state index < -0.39 is 5.60 Å². The number of aromatic nitrogens is 4. The number of hydrogen-bond donors (Lipinski definition) is 1. The minimum absolute atomic E-state index is 0.349. The predicted molar refractivity (Wildman–Crippen MR) is 108 cm³/mol. The Kier molecular flexibility index (Phi) is 5.86. The number of nitrogens with one attached hydrogen (secondary N) is 1. The summed E-state index contributed by atoms with van der Waals surface area (Å²) in [5.41, 5.74) is 1.53. The number of alkyl carbamates (subject to hydrolysis) is 1. The van der Waals surface area contributed by atoms with Gasteiger partial charge in [0.15, 0.2) is 5.82 Å². The summed E-state index contributed by atoms with van der Waals surface area (Å²) in [5, 5.41) is 7.37. The molecule has 1 amide bonds. The van der Waals surface area contributed by atoms with Gasteiger partial charge in [0.25, 0.3) is 0 Å². The fourth-order valence-electron chi connectivity index (χ4n) is 3.37. The third-order valence-corrected chi connectivity index (χ3v) is 4.71. The van der Waals surface area contributed by atoms with E-state index in [1.165, 1.54) is 0 Å². The molecule has 1 N–H and O–H groups in total. The first kappa shape index (κ1) is 20.1. The number of carbonyl (C=O) groups excluding carboxylic acids is 1. The second-order valence-corrected chi connectivity index (χ2v) is 8.39. The Labute approximate surface area is 166 Å². The maximum absolute atomic E-state index is 11.8. The van der Waals surface area contributed by atoms with Gasteiger partial charge in [0, 0.05) is 25.3 Å². The molecule has 28 heavy (non-hydrogen) atoms. The fraction of sp³-hybridized carbons (Fsp3) is 0.600. The van der Waals surface area contributed by atoms with E-state index >= 15 is 0 Å². The highest BCUT2D eigenvalue weighted by Gasteiger charge is 2.23. The van der Waals surface area contributed by atoms with Gasteiger partial charge in [-0.2, -0.15) is 5.10 Å². The molecule has 3 rings (SSSR count). The number of carbonyl (C=O) groups is 1. The number of rotatable bonds is 4. The van der Waals surface area contributed by atoms with E-state index in [2.05, 4.69) is 20.3 Å². The standard InChI is InChI=1S/C20H30N6O2/c1-14-10-15(2)26(24-14)18-13-21-12-17(23-18)25-8-6-16(7-9-25)11-22-19(27)28-20(3,4)5/h10,12-13,16H,6-9,11H2,1-5H3,(H,22,27). The first-order chi connectivity index (χ1) is 13.2.